The number of rotatable bonds is 12. The van der Waals surface area contributed by atoms with Gasteiger partial charge in [0.25, 0.3) is 0 Å². The SMILES string of the molecule is C=C(C)C(=O)OC(COc1c2c(c(OCC(OC(=O)C(=C)C)c3ccccc3)c3ccccc13)CC(Cl)=CC2)c1ccccc1. The number of allylic oxidation sites excluding steroid dienone is 2. The fourth-order valence-electron chi connectivity index (χ4n) is 5.17. The van der Waals surface area contributed by atoms with Gasteiger partial charge in [-0.1, -0.05) is 116 Å². The van der Waals surface area contributed by atoms with E-state index in [4.69, 9.17) is 30.5 Å². The summed E-state index contributed by atoms with van der Waals surface area (Å²) in [6, 6.07) is 26.8. The van der Waals surface area contributed by atoms with E-state index in [0.717, 1.165) is 33.0 Å². The van der Waals surface area contributed by atoms with Crippen LogP contribution < -0.4 is 9.47 Å². The van der Waals surface area contributed by atoms with Gasteiger partial charge in [-0.2, -0.15) is 0 Å². The van der Waals surface area contributed by atoms with E-state index in [1.54, 1.807) is 13.8 Å². The van der Waals surface area contributed by atoms with Crippen molar-refractivity contribution in [1.82, 2.24) is 0 Å². The maximum atomic E-state index is 12.5. The molecule has 0 N–H and O–H groups in total. The van der Waals surface area contributed by atoms with Crippen LogP contribution in [-0.2, 0) is 31.9 Å². The van der Waals surface area contributed by atoms with Gasteiger partial charge in [-0.15, -0.1) is 0 Å². The molecule has 0 fully saturated rings. The van der Waals surface area contributed by atoms with Crippen LogP contribution in [0.15, 0.2) is 120 Å². The summed E-state index contributed by atoms with van der Waals surface area (Å²) in [6.45, 7) is 10.9. The maximum absolute atomic E-state index is 12.5. The van der Waals surface area contributed by atoms with Crippen LogP contribution in [0, 0.1) is 0 Å². The molecule has 0 bridgehead atoms. The van der Waals surface area contributed by atoms with Crippen LogP contribution in [0.25, 0.3) is 10.8 Å². The van der Waals surface area contributed by atoms with Crippen molar-refractivity contribution < 1.29 is 28.5 Å². The lowest BCUT2D eigenvalue weighted by molar-refractivity contribution is -0.147. The van der Waals surface area contributed by atoms with Crippen molar-refractivity contribution in [2.45, 2.75) is 38.9 Å². The molecule has 4 aromatic carbocycles. The summed E-state index contributed by atoms with van der Waals surface area (Å²) in [5.41, 5.74) is 4.05. The van der Waals surface area contributed by atoms with Crippen LogP contribution in [0.3, 0.4) is 0 Å². The Bertz CT molecular complexity index is 1760. The number of hydrogen-bond acceptors (Lipinski definition) is 6. The Kier molecular flexibility index (Phi) is 10.1. The third kappa shape index (κ3) is 7.47. The van der Waals surface area contributed by atoms with Crippen LogP contribution in [0.2, 0.25) is 0 Å². The Labute approximate surface area is 268 Å². The van der Waals surface area contributed by atoms with Gasteiger partial charge < -0.3 is 18.9 Å². The van der Waals surface area contributed by atoms with E-state index in [1.165, 1.54) is 0 Å². The number of fused-ring (bicyclic) bond motifs is 2. The van der Waals surface area contributed by atoms with Gasteiger partial charge >= 0.3 is 11.9 Å². The molecule has 4 aromatic rings. The first-order chi connectivity index (χ1) is 21.7. The Morgan fingerprint density at radius 1 is 0.689 bits per heavy atom. The van der Waals surface area contributed by atoms with Gasteiger partial charge in [-0.3, -0.25) is 0 Å². The molecule has 0 amide bonds. The van der Waals surface area contributed by atoms with Crippen LogP contribution in [-0.4, -0.2) is 25.2 Å². The monoisotopic (exact) mass is 622 g/mol. The second-order valence-corrected chi connectivity index (χ2v) is 11.5. The van der Waals surface area contributed by atoms with Crippen molar-refractivity contribution in [3.8, 4) is 11.5 Å². The van der Waals surface area contributed by atoms with Crippen molar-refractivity contribution in [3.63, 3.8) is 0 Å². The number of carbonyl (C=O) groups excluding carboxylic acids is 2. The third-order valence-corrected chi connectivity index (χ3v) is 7.79. The van der Waals surface area contributed by atoms with E-state index in [0.29, 0.717) is 40.5 Å². The maximum Gasteiger partial charge on any atom is 0.333 e. The fourth-order valence-corrected chi connectivity index (χ4v) is 5.39. The van der Waals surface area contributed by atoms with Crippen LogP contribution in [0.1, 0.15) is 48.3 Å². The zero-order valence-electron chi connectivity index (χ0n) is 25.4. The van der Waals surface area contributed by atoms with E-state index in [2.05, 4.69) is 13.2 Å². The molecule has 0 saturated carbocycles. The molecule has 6 nitrogen and oxygen atoms in total. The van der Waals surface area contributed by atoms with Gasteiger partial charge in [-0.25, -0.2) is 9.59 Å². The molecular formula is C38H35ClO6. The molecule has 2 unspecified atom stereocenters. The molecule has 0 aromatic heterocycles. The highest BCUT2D eigenvalue weighted by Gasteiger charge is 2.27. The highest BCUT2D eigenvalue weighted by molar-refractivity contribution is 6.30. The minimum Gasteiger partial charge on any atom is -0.488 e. The molecule has 0 spiro atoms. The average Bonchev–Trinajstić information content (AvgIpc) is 3.05. The highest BCUT2D eigenvalue weighted by atomic mass is 35.5. The normalized spacial score (nSPS) is 13.5. The summed E-state index contributed by atoms with van der Waals surface area (Å²) in [6.07, 6.45) is 1.62. The van der Waals surface area contributed by atoms with E-state index in [-0.39, 0.29) is 13.2 Å². The molecule has 0 saturated heterocycles. The number of benzene rings is 4. The minimum atomic E-state index is -0.662. The molecule has 0 heterocycles. The lowest BCUT2D eigenvalue weighted by atomic mass is 9.90. The first-order valence-electron chi connectivity index (χ1n) is 14.7. The Morgan fingerprint density at radius 3 is 1.56 bits per heavy atom. The molecular weight excluding hydrogens is 588 g/mol. The van der Waals surface area contributed by atoms with Crippen molar-refractivity contribution in [2.75, 3.05) is 13.2 Å². The summed E-state index contributed by atoms with van der Waals surface area (Å²) in [5, 5.41) is 2.36. The van der Waals surface area contributed by atoms with E-state index >= 15 is 0 Å². The van der Waals surface area contributed by atoms with Crippen LogP contribution in [0.5, 0.6) is 11.5 Å². The summed E-state index contributed by atoms with van der Waals surface area (Å²) in [7, 11) is 0. The van der Waals surface area contributed by atoms with Gasteiger partial charge in [0, 0.05) is 44.5 Å². The molecule has 1 aliphatic rings. The number of halogens is 1. The van der Waals surface area contributed by atoms with E-state index in [1.807, 2.05) is 91.0 Å². The first kappa shape index (κ1) is 31.6. The summed E-state index contributed by atoms with van der Waals surface area (Å²) < 4.78 is 24.7. The quantitative estimate of drug-likeness (QED) is 0.116. The molecule has 45 heavy (non-hydrogen) atoms. The lowest BCUT2D eigenvalue weighted by Gasteiger charge is -2.27. The predicted octanol–water partition coefficient (Wildman–Crippen LogP) is 8.54. The van der Waals surface area contributed by atoms with Gasteiger partial charge in [-0.05, 0) is 31.4 Å². The molecule has 1 aliphatic carbocycles. The molecule has 0 radical (unpaired) electrons. The average molecular weight is 623 g/mol. The highest BCUT2D eigenvalue weighted by Crippen LogP contribution is 2.45. The molecule has 7 heteroatoms. The van der Waals surface area contributed by atoms with Gasteiger partial charge in [0.15, 0.2) is 12.2 Å². The largest absolute Gasteiger partial charge is 0.488 e. The molecule has 230 valence electrons. The third-order valence-electron chi connectivity index (χ3n) is 7.50. The Hall–Kier alpha value is -4.81. The Morgan fingerprint density at radius 2 is 1.11 bits per heavy atom. The Balaban J connectivity index is 1.52. The summed E-state index contributed by atoms with van der Waals surface area (Å²) >= 11 is 6.60. The van der Waals surface area contributed by atoms with Crippen molar-refractivity contribution in [3.05, 3.63) is 143 Å². The van der Waals surface area contributed by atoms with Crippen molar-refractivity contribution in [2.24, 2.45) is 0 Å². The van der Waals surface area contributed by atoms with Crippen LogP contribution in [0.4, 0.5) is 0 Å². The summed E-state index contributed by atoms with van der Waals surface area (Å²) in [4.78, 5) is 25.1. The number of carbonyl (C=O) groups is 2. The van der Waals surface area contributed by atoms with Crippen molar-refractivity contribution in [1.29, 1.82) is 0 Å². The standard InChI is InChI=1S/C38H35ClO6/c1-24(2)37(40)44-33(26-13-7-5-8-14-26)22-42-35-29-17-11-12-18-30(29)36(32-21-28(39)19-20-31(32)35)43-23-34(45-38(41)25(3)4)27-15-9-6-10-16-27/h5-19,33-34H,1,3,20-23H2,2,4H3. The zero-order chi connectivity index (χ0) is 31.9. The molecule has 0 aliphatic heterocycles. The number of esters is 2. The van der Waals surface area contributed by atoms with Gasteiger partial charge in [0.05, 0.1) is 0 Å². The number of ether oxygens (including phenoxy) is 4. The fraction of sp³-hybridized carbons (Fsp3) is 0.211. The lowest BCUT2D eigenvalue weighted by Crippen LogP contribution is -2.20. The molecule has 5 rings (SSSR count). The summed E-state index contributed by atoms with van der Waals surface area (Å²) in [5.74, 6) is 0.348. The van der Waals surface area contributed by atoms with Crippen LogP contribution >= 0.6 is 11.6 Å². The topological polar surface area (TPSA) is 71.1 Å². The first-order valence-corrected chi connectivity index (χ1v) is 15.1. The van der Waals surface area contributed by atoms with E-state index < -0.39 is 24.1 Å². The minimum absolute atomic E-state index is 0.0773. The zero-order valence-corrected chi connectivity index (χ0v) is 26.1. The van der Waals surface area contributed by atoms with Gasteiger partial charge in [0.2, 0.25) is 0 Å². The second-order valence-electron chi connectivity index (χ2n) is 11.0. The number of hydrogen-bond donors (Lipinski definition) is 0. The van der Waals surface area contributed by atoms with Gasteiger partial charge in [0.1, 0.15) is 24.7 Å². The van der Waals surface area contributed by atoms with Crippen molar-refractivity contribution >= 4 is 34.3 Å². The predicted molar refractivity (Wildman–Crippen MR) is 176 cm³/mol. The second kappa shape index (κ2) is 14.3. The van der Waals surface area contributed by atoms with E-state index in [9.17, 15) is 9.59 Å². The molecule has 2 atom stereocenters. The smallest absolute Gasteiger partial charge is 0.333 e.